The predicted octanol–water partition coefficient (Wildman–Crippen LogP) is 4.92. The third-order valence-electron chi connectivity index (χ3n) is 4.30. The van der Waals surface area contributed by atoms with Gasteiger partial charge in [-0.3, -0.25) is 4.79 Å². The third-order valence-corrected chi connectivity index (χ3v) is 4.62. The fourth-order valence-electron chi connectivity index (χ4n) is 2.87. The lowest BCUT2D eigenvalue weighted by molar-refractivity contribution is -0.376. The largest absolute Gasteiger partial charge is 0.430 e. The number of hydrogen-bond donors (Lipinski definition) is 2. The van der Waals surface area contributed by atoms with Crippen molar-refractivity contribution in [3.05, 3.63) is 70.2 Å². The first kappa shape index (κ1) is 23.0. The van der Waals surface area contributed by atoms with Crippen LogP contribution in [0, 0.1) is 0 Å². The normalized spacial score (nSPS) is 13.8. The first-order chi connectivity index (χ1) is 13.3. The summed E-state index contributed by atoms with van der Waals surface area (Å²) in [6, 6.07) is 9.80. The summed E-state index contributed by atoms with van der Waals surface area (Å²) in [5.74, 6) is -1.60. The van der Waals surface area contributed by atoms with E-state index < -0.39 is 40.4 Å². The van der Waals surface area contributed by atoms with Crippen LogP contribution < -0.4 is 5.32 Å². The van der Waals surface area contributed by atoms with Gasteiger partial charge < -0.3 is 10.4 Å². The molecule has 0 bridgehead atoms. The van der Waals surface area contributed by atoms with E-state index in [9.17, 15) is 36.2 Å². The van der Waals surface area contributed by atoms with Gasteiger partial charge in [0.15, 0.2) is 0 Å². The maximum atomic E-state index is 13.1. The van der Waals surface area contributed by atoms with Crippen LogP contribution in [0.1, 0.15) is 29.5 Å². The Morgan fingerprint density at radius 2 is 1.59 bits per heavy atom. The monoisotopic (exact) mass is 439 g/mol. The average molecular weight is 440 g/mol. The zero-order valence-electron chi connectivity index (χ0n) is 14.9. The van der Waals surface area contributed by atoms with Crippen molar-refractivity contribution >= 4 is 17.5 Å². The highest BCUT2D eigenvalue weighted by atomic mass is 35.5. The fourth-order valence-corrected chi connectivity index (χ4v) is 3.16. The number of likely N-dealkylation sites (N-methyl/N-ethyl adjacent to an activating group) is 1. The lowest BCUT2D eigenvalue weighted by atomic mass is 9.86. The van der Waals surface area contributed by atoms with E-state index in [1.165, 1.54) is 0 Å². The molecular weight excluding hydrogens is 424 g/mol. The molecule has 0 aliphatic rings. The summed E-state index contributed by atoms with van der Waals surface area (Å²) >= 11 is 6.00. The second-order valence-corrected chi connectivity index (χ2v) is 6.59. The molecule has 10 heteroatoms. The predicted molar refractivity (Wildman–Crippen MR) is 94.4 cm³/mol. The molecule has 0 aromatic heterocycles. The number of halogens is 7. The standard InChI is InChI=1S/C19H16ClF6NO2/c1-2-27-16(28)15(11-6-4-3-5-7-11)13-9-8-12(10-14(13)20)17(29,18(21,22)23)19(24,25)26/h3-10,15,29H,2H2,1H3,(H,27,28). The molecule has 0 saturated heterocycles. The van der Waals surface area contributed by atoms with Crippen molar-refractivity contribution in [1.29, 1.82) is 0 Å². The molecule has 0 radical (unpaired) electrons. The van der Waals surface area contributed by atoms with Gasteiger partial charge in [-0.05, 0) is 24.1 Å². The molecule has 158 valence electrons. The smallest absolute Gasteiger partial charge is 0.369 e. The molecule has 1 atom stereocenters. The van der Waals surface area contributed by atoms with Crippen molar-refractivity contribution in [2.75, 3.05) is 6.54 Å². The van der Waals surface area contributed by atoms with Gasteiger partial charge in [-0.1, -0.05) is 54.1 Å². The van der Waals surface area contributed by atoms with Gasteiger partial charge in [0.25, 0.3) is 5.60 Å². The highest BCUT2D eigenvalue weighted by Gasteiger charge is 2.71. The maximum Gasteiger partial charge on any atom is 0.430 e. The average Bonchev–Trinajstić information content (AvgIpc) is 2.62. The van der Waals surface area contributed by atoms with Gasteiger partial charge in [0, 0.05) is 17.1 Å². The summed E-state index contributed by atoms with van der Waals surface area (Å²) in [5.41, 5.74) is -6.15. The van der Waals surface area contributed by atoms with E-state index in [1.807, 2.05) is 0 Å². The third kappa shape index (κ3) is 4.35. The van der Waals surface area contributed by atoms with Crippen LogP contribution >= 0.6 is 11.6 Å². The Balaban J connectivity index is 2.63. The first-order valence-electron chi connectivity index (χ1n) is 8.33. The number of carbonyl (C=O) groups excluding carboxylic acids is 1. The van der Waals surface area contributed by atoms with E-state index in [4.69, 9.17) is 11.6 Å². The minimum absolute atomic E-state index is 0.000680. The summed E-state index contributed by atoms with van der Waals surface area (Å²) in [4.78, 5) is 12.5. The topological polar surface area (TPSA) is 49.3 Å². The number of amides is 1. The molecule has 0 saturated carbocycles. The van der Waals surface area contributed by atoms with Crippen LogP contribution in [0.2, 0.25) is 5.02 Å². The Hall–Kier alpha value is -2.26. The summed E-state index contributed by atoms with van der Waals surface area (Å²) < 4.78 is 78.6. The molecule has 0 fully saturated rings. The molecule has 2 rings (SSSR count). The first-order valence-corrected chi connectivity index (χ1v) is 8.70. The van der Waals surface area contributed by atoms with E-state index in [2.05, 4.69) is 5.32 Å². The summed E-state index contributed by atoms with van der Waals surface area (Å²) in [5, 5.41) is 11.6. The fraction of sp³-hybridized carbons (Fsp3) is 0.316. The quantitative estimate of drug-likeness (QED) is 0.650. The van der Waals surface area contributed by atoms with Crippen molar-refractivity contribution in [2.45, 2.75) is 30.8 Å². The van der Waals surface area contributed by atoms with Crippen molar-refractivity contribution in [3.8, 4) is 0 Å². The minimum Gasteiger partial charge on any atom is -0.369 e. The van der Waals surface area contributed by atoms with E-state index >= 15 is 0 Å². The summed E-state index contributed by atoms with van der Waals surface area (Å²) in [6.45, 7) is 1.90. The van der Waals surface area contributed by atoms with E-state index in [0.29, 0.717) is 17.7 Å². The van der Waals surface area contributed by atoms with Crippen LogP contribution in [0.15, 0.2) is 48.5 Å². The van der Waals surface area contributed by atoms with Gasteiger partial charge in [0.2, 0.25) is 5.91 Å². The van der Waals surface area contributed by atoms with Crippen LogP contribution in [0.5, 0.6) is 0 Å². The zero-order chi connectivity index (χ0) is 22.0. The number of hydrogen-bond acceptors (Lipinski definition) is 2. The number of carbonyl (C=O) groups is 1. The van der Waals surface area contributed by atoms with Crippen LogP contribution in [-0.4, -0.2) is 29.9 Å². The SMILES string of the molecule is CCNC(=O)C(c1ccccc1)c1ccc(C(O)(C(F)(F)F)C(F)(F)F)cc1Cl. The molecule has 2 aromatic carbocycles. The Morgan fingerprint density at radius 3 is 2.03 bits per heavy atom. The van der Waals surface area contributed by atoms with Crippen molar-refractivity contribution in [1.82, 2.24) is 5.32 Å². The van der Waals surface area contributed by atoms with Gasteiger partial charge in [0.1, 0.15) is 0 Å². The molecule has 0 aliphatic heterocycles. The lowest BCUT2D eigenvalue weighted by Gasteiger charge is -2.33. The maximum absolute atomic E-state index is 13.1. The van der Waals surface area contributed by atoms with E-state index in [-0.39, 0.29) is 12.1 Å². The highest BCUT2D eigenvalue weighted by molar-refractivity contribution is 6.31. The second-order valence-electron chi connectivity index (χ2n) is 6.18. The lowest BCUT2D eigenvalue weighted by Crippen LogP contribution is -2.53. The van der Waals surface area contributed by atoms with Gasteiger partial charge in [-0.15, -0.1) is 0 Å². The number of benzene rings is 2. The number of nitrogens with one attached hydrogen (secondary N) is 1. The molecule has 2 aromatic rings. The zero-order valence-corrected chi connectivity index (χ0v) is 15.7. The van der Waals surface area contributed by atoms with Crippen molar-refractivity contribution in [2.24, 2.45) is 0 Å². The second kappa shape index (κ2) is 8.23. The molecular formula is C19H16ClF6NO2. The van der Waals surface area contributed by atoms with Crippen LogP contribution in [0.4, 0.5) is 26.3 Å². The van der Waals surface area contributed by atoms with Crippen LogP contribution in [-0.2, 0) is 10.4 Å². The van der Waals surface area contributed by atoms with Gasteiger partial charge in [0.05, 0.1) is 5.92 Å². The molecule has 1 unspecified atom stereocenters. The molecule has 2 N–H and O–H groups in total. The van der Waals surface area contributed by atoms with Crippen molar-refractivity contribution < 1.29 is 36.2 Å². The molecule has 29 heavy (non-hydrogen) atoms. The van der Waals surface area contributed by atoms with Crippen molar-refractivity contribution in [3.63, 3.8) is 0 Å². The van der Waals surface area contributed by atoms with Gasteiger partial charge in [-0.2, -0.15) is 26.3 Å². The van der Waals surface area contributed by atoms with Gasteiger partial charge in [-0.25, -0.2) is 0 Å². The van der Waals surface area contributed by atoms with Gasteiger partial charge >= 0.3 is 12.4 Å². The number of rotatable bonds is 5. The molecule has 1 amide bonds. The molecule has 0 spiro atoms. The Kier molecular flexibility index (Phi) is 6.54. The van der Waals surface area contributed by atoms with Crippen LogP contribution in [0.3, 0.4) is 0 Å². The highest BCUT2D eigenvalue weighted by Crippen LogP contribution is 2.50. The Labute approximate surface area is 167 Å². The van der Waals surface area contributed by atoms with E-state index in [0.717, 1.165) is 6.07 Å². The summed E-state index contributed by atoms with van der Waals surface area (Å²) in [7, 11) is 0. The molecule has 0 aliphatic carbocycles. The summed E-state index contributed by atoms with van der Waals surface area (Å²) in [6.07, 6.45) is -12.1. The Morgan fingerprint density at radius 1 is 1.03 bits per heavy atom. The molecule has 3 nitrogen and oxygen atoms in total. The number of aliphatic hydroxyl groups is 1. The van der Waals surface area contributed by atoms with E-state index in [1.54, 1.807) is 37.3 Å². The number of alkyl halides is 6. The molecule has 0 heterocycles. The minimum atomic E-state index is -6.03. The van der Waals surface area contributed by atoms with Crippen LogP contribution in [0.25, 0.3) is 0 Å². The Bertz CT molecular complexity index is 853.